The fourth-order valence-electron chi connectivity index (χ4n) is 15.8. The highest BCUT2D eigenvalue weighted by atomic mass is 15.0. The van der Waals surface area contributed by atoms with Crippen LogP contribution in [0, 0.1) is 80.8 Å². The van der Waals surface area contributed by atoms with Crippen molar-refractivity contribution in [3.63, 3.8) is 0 Å². The zero-order chi connectivity index (χ0) is 17.6. The van der Waals surface area contributed by atoms with Gasteiger partial charge in [-0.3, -0.25) is 0 Å². The lowest BCUT2D eigenvalue weighted by molar-refractivity contribution is -0.473. The van der Waals surface area contributed by atoms with Crippen LogP contribution in [0.5, 0.6) is 0 Å². The first-order valence-corrected chi connectivity index (χ1v) is 13.0. The van der Waals surface area contributed by atoms with E-state index in [1.54, 1.807) is 70.6 Å². The minimum atomic E-state index is 0.824. The fourth-order valence-corrected chi connectivity index (χ4v) is 15.8. The molecule has 4 spiro atoms. The van der Waals surface area contributed by atoms with Gasteiger partial charge >= 0.3 is 0 Å². The van der Waals surface area contributed by atoms with Crippen LogP contribution in [0.1, 0.15) is 84.5 Å². The maximum absolute atomic E-state index is 2.65. The second-order valence-electron chi connectivity index (χ2n) is 14.4. The predicted molar refractivity (Wildman–Crippen MR) is 107 cm³/mol. The molecule has 0 aromatic rings. The SMILES string of the molecule is CC(C)C1C2CC3CC14C1CC5CC(C1)C16CC7CC(C1)C3C(C7)(C2)C64C5. The third-order valence-electron chi connectivity index (χ3n) is 14.3. The summed E-state index contributed by atoms with van der Waals surface area (Å²) in [6, 6.07) is 0. The van der Waals surface area contributed by atoms with Crippen LogP contribution in [0.4, 0.5) is 0 Å². The molecule has 0 N–H and O–H groups in total. The summed E-state index contributed by atoms with van der Waals surface area (Å²) in [7, 11) is 0. The van der Waals surface area contributed by atoms with Crippen molar-refractivity contribution in [3.8, 4) is 0 Å². The molecule has 0 heterocycles. The van der Waals surface area contributed by atoms with Crippen LogP contribution in [-0.2, 0) is 0 Å². The normalized spacial score (nSPS) is 75.4. The van der Waals surface area contributed by atoms with Gasteiger partial charge < -0.3 is 0 Å². The monoisotopic (exact) mass is 362 g/mol. The van der Waals surface area contributed by atoms with Crippen molar-refractivity contribution in [1.82, 2.24) is 0 Å². The smallest absolute Gasteiger partial charge is 0.0114 e. The molecule has 12 rings (SSSR count). The van der Waals surface area contributed by atoms with Gasteiger partial charge in [0.15, 0.2) is 0 Å². The third kappa shape index (κ3) is 1.09. The molecule has 0 radical (unpaired) electrons. The lowest BCUT2D eigenvalue weighted by Gasteiger charge is -2.95. The van der Waals surface area contributed by atoms with Gasteiger partial charge in [-0.2, -0.15) is 0 Å². The van der Waals surface area contributed by atoms with Crippen LogP contribution in [0.3, 0.4) is 0 Å². The highest BCUT2D eigenvalue weighted by Crippen LogP contribution is 2.98. The first kappa shape index (κ1) is 14.9. The van der Waals surface area contributed by atoms with E-state index in [1.165, 1.54) is 23.7 Å². The topological polar surface area (TPSA) is 0 Å². The maximum Gasteiger partial charge on any atom is -0.0114 e. The summed E-state index contributed by atoms with van der Waals surface area (Å²) >= 11 is 0. The van der Waals surface area contributed by atoms with Crippen LogP contribution in [-0.4, -0.2) is 0 Å². The summed E-state index contributed by atoms with van der Waals surface area (Å²) in [5.41, 5.74) is 3.39. The van der Waals surface area contributed by atoms with E-state index in [9.17, 15) is 0 Å². The van der Waals surface area contributed by atoms with Crippen molar-refractivity contribution in [1.29, 1.82) is 0 Å². The minimum absolute atomic E-state index is 0.824. The lowest BCUT2D eigenvalue weighted by atomic mass is 9.09. The molecule has 27 heavy (non-hydrogen) atoms. The quantitative estimate of drug-likeness (QED) is 0.496. The molecule has 12 bridgehead atoms. The summed E-state index contributed by atoms with van der Waals surface area (Å²) in [5.74, 6) is 11.4. The molecule has 146 valence electrons. The predicted octanol–water partition coefficient (Wildman–Crippen LogP) is 6.55. The van der Waals surface area contributed by atoms with Gasteiger partial charge in [0.1, 0.15) is 0 Å². The van der Waals surface area contributed by atoms with Gasteiger partial charge in [-0.15, -0.1) is 0 Å². The molecule has 0 aromatic heterocycles. The van der Waals surface area contributed by atoms with Crippen LogP contribution in [0.2, 0.25) is 0 Å². The van der Waals surface area contributed by atoms with Crippen molar-refractivity contribution in [2.45, 2.75) is 84.5 Å². The Balaban J connectivity index is 1.43. The zero-order valence-electron chi connectivity index (χ0n) is 17.6. The van der Waals surface area contributed by atoms with Gasteiger partial charge in [-0.25, -0.2) is 0 Å². The fraction of sp³-hybridized carbons (Fsp3) is 1.00. The van der Waals surface area contributed by atoms with Gasteiger partial charge in [0, 0.05) is 0 Å². The largest absolute Gasteiger partial charge is 0.0625 e. The van der Waals surface area contributed by atoms with Crippen molar-refractivity contribution < 1.29 is 0 Å². The Bertz CT molecular complexity index is 781. The molecule has 12 aliphatic rings. The molecule has 13 atom stereocenters. The van der Waals surface area contributed by atoms with Crippen LogP contribution < -0.4 is 0 Å². The van der Waals surface area contributed by atoms with Crippen molar-refractivity contribution in [2.24, 2.45) is 80.8 Å². The van der Waals surface area contributed by atoms with Crippen molar-refractivity contribution in [2.75, 3.05) is 0 Å². The van der Waals surface area contributed by atoms with Gasteiger partial charge in [-0.05, 0) is 151 Å². The molecule has 13 unspecified atom stereocenters. The molecule has 0 aromatic carbocycles. The lowest BCUT2D eigenvalue weighted by Crippen LogP contribution is -2.89. The van der Waals surface area contributed by atoms with Gasteiger partial charge in [0.25, 0.3) is 0 Å². The molecule has 0 aliphatic heterocycles. The molecule has 0 amide bonds. The highest BCUT2D eigenvalue weighted by Gasteiger charge is 2.91. The Morgan fingerprint density at radius 2 is 1.41 bits per heavy atom. The van der Waals surface area contributed by atoms with Crippen LogP contribution >= 0.6 is 0 Å². The number of hydrogen-bond donors (Lipinski definition) is 0. The van der Waals surface area contributed by atoms with Gasteiger partial charge in [-0.1, -0.05) is 13.8 Å². The molecular formula is C27H38. The third-order valence-corrected chi connectivity index (χ3v) is 14.3. The maximum atomic E-state index is 2.65. The van der Waals surface area contributed by atoms with E-state index in [0.29, 0.717) is 0 Å². The Morgan fingerprint density at radius 1 is 0.630 bits per heavy atom. The molecule has 12 aliphatic carbocycles. The zero-order valence-corrected chi connectivity index (χ0v) is 17.6. The molecule has 0 saturated heterocycles. The van der Waals surface area contributed by atoms with E-state index >= 15 is 0 Å². The van der Waals surface area contributed by atoms with Crippen LogP contribution in [0.15, 0.2) is 0 Å². The van der Waals surface area contributed by atoms with Crippen molar-refractivity contribution >= 4 is 0 Å². The van der Waals surface area contributed by atoms with E-state index in [2.05, 4.69) is 13.8 Å². The Kier molecular flexibility index (Phi) is 2.12. The van der Waals surface area contributed by atoms with E-state index in [1.807, 2.05) is 0 Å². The Labute approximate surface area is 165 Å². The summed E-state index contributed by atoms with van der Waals surface area (Å²) in [6.07, 6.45) is 18.7. The van der Waals surface area contributed by atoms with E-state index in [0.717, 1.165) is 57.2 Å². The van der Waals surface area contributed by atoms with E-state index in [4.69, 9.17) is 0 Å². The van der Waals surface area contributed by atoms with Crippen LogP contribution in [0.25, 0.3) is 0 Å². The first-order valence-electron chi connectivity index (χ1n) is 13.0. The standard InChI is InChI=1S/C27H38/c1-14(2)22-18-6-19-13-26(22)21-5-15-4-20(7-21)24-8-16-3-17(11-24)23(19)25(9-16,12-18)27(24,26)10-15/h14-23H,3-13H2,1-2H3. The van der Waals surface area contributed by atoms with E-state index < -0.39 is 0 Å². The summed E-state index contributed by atoms with van der Waals surface area (Å²) in [6.45, 7) is 5.31. The first-order chi connectivity index (χ1) is 13.0. The van der Waals surface area contributed by atoms with Crippen molar-refractivity contribution in [3.05, 3.63) is 0 Å². The Hall–Kier alpha value is 0. The number of hydrogen-bond acceptors (Lipinski definition) is 0. The summed E-state index contributed by atoms with van der Waals surface area (Å²) in [5, 5.41) is 0. The molecule has 0 nitrogen and oxygen atoms in total. The summed E-state index contributed by atoms with van der Waals surface area (Å²) in [4.78, 5) is 0. The van der Waals surface area contributed by atoms with Gasteiger partial charge in [0.05, 0.1) is 0 Å². The summed E-state index contributed by atoms with van der Waals surface area (Å²) < 4.78 is 0. The Morgan fingerprint density at radius 3 is 2.30 bits per heavy atom. The molecule has 12 saturated carbocycles. The second-order valence-corrected chi connectivity index (χ2v) is 14.4. The average Bonchev–Trinajstić information content (AvgIpc) is 2.60. The molecule has 12 fully saturated rings. The molecular weight excluding hydrogens is 324 g/mol. The highest BCUT2D eigenvalue weighted by molar-refractivity contribution is 5.39. The second kappa shape index (κ2) is 3.85. The number of rotatable bonds is 1. The van der Waals surface area contributed by atoms with E-state index in [-0.39, 0.29) is 0 Å². The van der Waals surface area contributed by atoms with Gasteiger partial charge in [0.2, 0.25) is 0 Å². The molecule has 0 heteroatoms. The average molecular weight is 363 g/mol. The minimum Gasteiger partial charge on any atom is -0.0625 e.